The summed E-state index contributed by atoms with van der Waals surface area (Å²) in [6.45, 7) is 6.16. The van der Waals surface area contributed by atoms with E-state index in [0.29, 0.717) is 5.56 Å². The van der Waals surface area contributed by atoms with Crippen molar-refractivity contribution in [2.75, 3.05) is 11.5 Å². The number of aliphatic hydroxyl groups is 1. The highest BCUT2D eigenvalue weighted by Gasteiger charge is 2.45. The van der Waals surface area contributed by atoms with Gasteiger partial charge in [-0.15, -0.1) is 23.5 Å². The number of aliphatic hydroxyl groups excluding tert-OH is 1. The molecule has 3 rings (SSSR count). The third kappa shape index (κ3) is 6.06. The first-order valence-electron chi connectivity index (χ1n) is 10.9. The molecule has 1 spiro atoms. The van der Waals surface area contributed by atoms with Crippen molar-refractivity contribution < 1.29 is 24.2 Å². The Kier molecular flexibility index (Phi) is 7.94. The van der Waals surface area contributed by atoms with Gasteiger partial charge in [0.1, 0.15) is 18.0 Å². The second-order valence-corrected chi connectivity index (χ2v) is 12.5. The number of Topliss-reactive ketones (excluding diaryl/α,β-unsaturated/α-hetero) is 1. The quantitative estimate of drug-likeness (QED) is 0.495. The van der Waals surface area contributed by atoms with Gasteiger partial charge < -0.3 is 10.2 Å². The van der Waals surface area contributed by atoms with Crippen molar-refractivity contribution in [3.8, 4) is 0 Å². The minimum atomic E-state index is -1.19. The van der Waals surface area contributed by atoms with Crippen LogP contribution in [0.3, 0.4) is 0 Å². The molecule has 2 N–H and O–H groups in total. The predicted octanol–water partition coefficient (Wildman–Crippen LogP) is 5.63. The normalized spacial score (nSPS) is 21.2. The minimum Gasteiger partial charge on any atom is -0.481 e. The largest absolute Gasteiger partial charge is 0.481 e. The number of hydrogen-bond acceptors (Lipinski definition) is 5. The number of hydrogen-bond donors (Lipinski definition) is 2. The summed E-state index contributed by atoms with van der Waals surface area (Å²) in [5.41, 5.74) is 3.62. The van der Waals surface area contributed by atoms with Crippen LogP contribution in [0.5, 0.6) is 0 Å². The molecule has 1 saturated heterocycles. The summed E-state index contributed by atoms with van der Waals surface area (Å²) in [6.07, 6.45) is 4.65. The van der Waals surface area contributed by atoms with Crippen molar-refractivity contribution >= 4 is 40.8 Å². The molecule has 0 amide bonds. The van der Waals surface area contributed by atoms with Crippen LogP contribution < -0.4 is 0 Å². The molecule has 32 heavy (non-hydrogen) atoms. The molecule has 1 aromatic carbocycles. The Hall–Kier alpha value is -1.57. The van der Waals surface area contributed by atoms with Crippen molar-refractivity contribution in [1.29, 1.82) is 0 Å². The van der Waals surface area contributed by atoms with Crippen LogP contribution in [0.1, 0.15) is 57.1 Å². The number of carbonyl (C=O) groups excluding carboxylic acids is 1. The molecule has 0 bridgehead atoms. The van der Waals surface area contributed by atoms with Crippen LogP contribution in [0, 0.1) is 18.2 Å². The van der Waals surface area contributed by atoms with Crippen LogP contribution >= 0.6 is 23.5 Å². The maximum absolute atomic E-state index is 14.0. The van der Waals surface area contributed by atoms with Gasteiger partial charge in [0.05, 0.1) is 10.2 Å². The molecule has 0 aromatic heterocycles. The van der Waals surface area contributed by atoms with Crippen LogP contribution in [0.15, 0.2) is 35.9 Å². The lowest BCUT2D eigenvalue weighted by Gasteiger charge is -2.48. The summed E-state index contributed by atoms with van der Waals surface area (Å²) in [5, 5.41) is 19.1. The number of aryl methyl sites for hydroxylation is 1. The first-order valence-corrected chi connectivity index (χ1v) is 12.9. The van der Waals surface area contributed by atoms with Gasteiger partial charge in [-0.05, 0) is 77.5 Å². The molecule has 2 aliphatic rings. The Morgan fingerprint density at radius 2 is 1.94 bits per heavy atom. The second kappa shape index (κ2) is 10.1. The number of halogens is 1. The predicted molar refractivity (Wildman–Crippen MR) is 130 cm³/mol. The highest BCUT2D eigenvalue weighted by atomic mass is 32.2. The SMILES string of the molecule is Cc1cc(C2=C(C=CC(O)CC(=O)CC(=O)O)C(C)(C)CC3(C2)SCCCS3)ccc1F. The zero-order chi connectivity index (χ0) is 23.5. The average Bonchev–Trinajstić information content (AvgIpc) is 2.68. The van der Waals surface area contributed by atoms with E-state index in [0.717, 1.165) is 41.1 Å². The molecule has 7 heteroatoms. The Morgan fingerprint density at radius 3 is 2.56 bits per heavy atom. The standard InChI is InChI=1S/C25H31FO4S2/c1-16-11-17(5-8-22(16)26)20-14-25(31-9-4-10-32-25)15-24(2,3)21(20)7-6-18(27)12-19(28)13-23(29)30/h5-8,11,18,27H,4,9-10,12-15H2,1-3H3,(H,29,30). The summed E-state index contributed by atoms with van der Waals surface area (Å²) >= 11 is 4.03. The summed E-state index contributed by atoms with van der Waals surface area (Å²) < 4.78 is 14.1. The third-order valence-electron chi connectivity index (χ3n) is 6.01. The molecule has 1 heterocycles. The molecular weight excluding hydrogens is 447 g/mol. The Balaban J connectivity index is 1.98. The molecule has 1 fully saturated rings. The lowest BCUT2D eigenvalue weighted by Crippen LogP contribution is -2.37. The van der Waals surface area contributed by atoms with Crippen molar-refractivity contribution in [3.63, 3.8) is 0 Å². The number of ketones is 1. The number of aliphatic carboxylic acids is 1. The number of carbonyl (C=O) groups is 2. The Labute approximate surface area is 197 Å². The van der Waals surface area contributed by atoms with E-state index >= 15 is 0 Å². The summed E-state index contributed by atoms with van der Waals surface area (Å²) in [7, 11) is 0. The molecule has 174 valence electrons. The highest BCUT2D eigenvalue weighted by Crippen LogP contribution is 2.59. The molecule has 1 aliphatic heterocycles. The lowest BCUT2D eigenvalue weighted by atomic mass is 9.70. The molecule has 1 unspecified atom stereocenters. The van der Waals surface area contributed by atoms with E-state index in [2.05, 4.69) is 13.8 Å². The molecule has 1 atom stereocenters. The first kappa shape index (κ1) is 25.1. The molecule has 1 aromatic rings. The summed E-state index contributed by atoms with van der Waals surface area (Å²) in [5.74, 6) is 0.340. The van der Waals surface area contributed by atoms with E-state index in [4.69, 9.17) is 5.11 Å². The fraction of sp³-hybridized carbons (Fsp3) is 0.520. The maximum Gasteiger partial charge on any atom is 0.310 e. The van der Waals surface area contributed by atoms with Gasteiger partial charge in [-0.2, -0.15) is 0 Å². The van der Waals surface area contributed by atoms with E-state index in [1.54, 1.807) is 13.0 Å². The molecule has 1 aliphatic carbocycles. The van der Waals surface area contributed by atoms with Crippen molar-refractivity contribution in [2.24, 2.45) is 5.41 Å². The Morgan fingerprint density at radius 1 is 1.25 bits per heavy atom. The van der Waals surface area contributed by atoms with E-state index in [1.807, 2.05) is 41.7 Å². The number of carboxylic acids is 1. The molecule has 4 nitrogen and oxygen atoms in total. The van der Waals surface area contributed by atoms with Crippen LogP contribution in [-0.2, 0) is 9.59 Å². The van der Waals surface area contributed by atoms with Gasteiger partial charge in [0.2, 0.25) is 0 Å². The number of rotatable bonds is 7. The first-order chi connectivity index (χ1) is 15.0. The van der Waals surface area contributed by atoms with Gasteiger partial charge in [0.25, 0.3) is 0 Å². The fourth-order valence-electron chi connectivity index (χ4n) is 4.59. The third-order valence-corrected chi connectivity index (χ3v) is 9.33. The van der Waals surface area contributed by atoms with Crippen LogP contribution in [0.4, 0.5) is 4.39 Å². The van der Waals surface area contributed by atoms with Gasteiger partial charge in [-0.3, -0.25) is 9.59 Å². The van der Waals surface area contributed by atoms with Crippen molar-refractivity contribution in [1.82, 2.24) is 0 Å². The van der Waals surface area contributed by atoms with Gasteiger partial charge in [-0.1, -0.05) is 32.1 Å². The van der Waals surface area contributed by atoms with Gasteiger partial charge in [0, 0.05) is 6.42 Å². The maximum atomic E-state index is 14.0. The van der Waals surface area contributed by atoms with Gasteiger partial charge >= 0.3 is 5.97 Å². The van der Waals surface area contributed by atoms with E-state index in [-0.39, 0.29) is 21.7 Å². The lowest BCUT2D eigenvalue weighted by molar-refractivity contribution is -0.140. The fourth-order valence-corrected chi connectivity index (χ4v) is 8.35. The van der Waals surface area contributed by atoms with Crippen molar-refractivity contribution in [3.05, 3.63) is 52.9 Å². The monoisotopic (exact) mass is 478 g/mol. The van der Waals surface area contributed by atoms with Crippen molar-refractivity contribution in [2.45, 2.75) is 63.1 Å². The van der Waals surface area contributed by atoms with Gasteiger partial charge in [0.15, 0.2) is 0 Å². The number of benzene rings is 1. The average molecular weight is 479 g/mol. The second-order valence-electron chi connectivity index (χ2n) is 9.29. The molecule has 0 radical (unpaired) electrons. The van der Waals surface area contributed by atoms with E-state index < -0.39 is 24.3 Å². The zero-order valence-electron chi connectivity index (χ0n) is 18.8. The smallest absolute Gasteiger partial charge is 0.310 e. The topological polar surface area (TPSA) is 74.6 Å². The van der Waals surface area contributed by atoms with E-state index in [1.165, 1.54) is 12.5 Å². The highest BCUT2D eigenvalue weighted by molar-refractivity contribution is 8.18. The Bertz CT molecular complexity index is 945. The summed E-state index contributed by atoms with van der Waals surface area (Å²) in [6, 6.07) is 5.22. The minimum absolute atomic E-state index is 0.0762. The van der Waals surface area contributed by atoms with E-state index in [9.17, 15) is 19.1 Å². The summed E-state index contributed by atoms with van der Waals surface area (Å²) in [4.78, 5) is 22.5. The van der Waals surface area contributed by atoms with Crippen LogP contribution in [0.2, 0.25) is 0 Å². The number of allylic oxidation sites excluding steroid dienone is 3. The molecule has 0 saturated carbocycles. The van der Waals surface area contributed by atoms with Crippen LogP contribution in [0.25, 0.3) is 5.57 Å². The molecular formula is C25H31FO4S2. The zero-order valence-corrected chi connectivity index (χ0v) is 20.5. The van der Waals surface area contributed by atoms with Crippen LogP contribution in [-0.4, -0.2) is 43.7 Å². The number of thioether (sulfide) groups is 2. The van der Waals surface area contributed by atoms with Gasteiger partial charge in [-0.25, -0.2) is 4.39 Å². The number of carboxylic acid groups (broad SMARTS) is 1.